The molecule has 2 aliphatic heterocycles. The number of rotatable bonds is 1. The molecule has 2 N–H and O–H groups in total. The number of carbonyl (C=O) groups is 1. The van der Waals surface area contributed by atoms with Crippen LogP contribution in [0.2, 0.25) is 0 Å². The van der Waals surface area contributed by atoms with Crippen LogP contribution >= 0.6 is 0 Å². The molecule has 2 heterocycles. The highest BCUT2D eigenvalue weighted by atomic mass is 16.5. The molecule has 114 valence electrons. The molecule has 1 amide bonds. The third-order valence-corrected chi connectivity index (χ3v) is 5.15. The van der Waals surface area contributed by atoms with Gasteiger partial charge in [-0.3, -0.25) is 4.79 Å². The quantitative estimate of drug-likeness (QED) is 0.806. The molecule has 0 bridgehead atoms. The largest absolute Gasteiger partial charge is 0.398 e. The van der Waals surface area contributed by atoms with E-state index in [2.05, 4.69) is 19.9 Å². The fourth-order valence-corrected chi connectivity index (χ4v) is 3.70. The van der Waals surface area contributed by atoms with Crippen LogP contribution in [0, 0.1) is 11.8 Å². The predicted molar refractivity (Wildman–Crippen MR) is 82.6 cm³/mol. The molecule has 1 fully saturated rings. The van der Waals surface area contributed by atoms with E-state index in [0.717, 1.165) is 24.2 Å². The van der Waals surface area contributed by atoms with Crippen LogP contribution < -0.4 is 5.73 Å². The minimum Gasteiger partial charge on any atom is -0.398 e. The van der Waals surface area contributed by atoms with Crippen molar-refractivity contribution in [2.45, 2.75) is 45.9 Å². The van der Waals surface area contributed by atoms with Crippen LogP contribution in [0.4, 0.5) is 5.69 Å². The van der Waals surface area contributed by atoms with E-state index in [0.29, 0.717) is 6.54 Å². The maximum atomic E-state index is 12.9. The summed E-state index contributed by atoms with van der Waals surface area (Å²) in [7, 11) is 0. The summed E-state index contributed by atoms with van der Waals surface area (Å²) >= 11 is 0. The van der Waals surface area contributed by atoms with Crippen LogP contribution in [-0.2, 0) is 22.5 Å². The molecular weight excluding hydrogens is 264 g/mol. The van der Waals surface area contributed by atoms with E-state index >= 15 is 0 Å². The Hall–Kier alpha value is -1.55. The predicted octanol–water partition coefficient (Wildman–Crippen LogP) is 2.21. The van der Waals surface area contributed by atoms with Gasteiger partial charge in [-0.2, -0.15) is 0 Å². The SMILES string of the molecule is CC1OC(C)C(C(=O)N2CCc3cccc(N)c3C2)C1C. The number of fused-ring (bicyclic) bond motifs is 1. The van der Waals surface area contributed by atoms with Gasteiger partial charge in [-0.1, -0.05) is 19.1 Å². The summed E-state index contributed by atoms with van der Waals surface area (Å²) in [5, 5.41) is 0. The van der Waals surface area contributed by atoms with Gasteiger partial charge in [-0.15, -0.1) is 0 Å². The second kappa shape index (κ2) is 5.34. The van der Waals surface area contributed by atoms with E-state index in [4.69, 9.17) is 10.5 Å². The van der Waals surface area contributed by atoms with E-state index in [1.807, 2.05) is 24.0 Å². The van der Waals surface area contributed by atoms with Gasteiger partial charge in [0.25, 0.3) is 0 Å². The first-order valence-electron chi connectivity index (χ1n) is 7.79. The van der Waals surface area contributed by atoms with Crippen molar-refractivity contribution >= 4 is 11.6 Å². The lowest BCUT2D eigenvalue weighted by Gasteiger charge is -2.33. The highest BCUT2D eigenvalue weighted by Gasteiger charge is 2.43. The molecule has 4 nitrogen and oxygen atoms in total. The lowest BCUT2D eigenvalue weighted by atomic mass is 9.87. The average Bonchev–Trinajstić information content (AvgIpc) is 2.71. The van der Waals surface area contributed by atoms with Crippen LogP contribution in [0.1, 0.15) is 31.9 Å². The van der Waals surface area contributed by atoms with E-state index in [9.17, 15) is 4.79 Å². The van der Waals surface area contributed by atoms with Gasteiger partial charge in [0, 0.05) is 18.8 Å². The van der Waals surface area contributed by atoms with Crippen LogP contribution in [0.15, 0.2) is 18.2 Å². The number of carbonyl (C=O) groups excluding carboxylic acids is 1. The third-order valence-electron chi connectivity index (χ3n) is 5.15. The van der Waals surface area contributed by atoms with Crippen molar-refractivity contribution in [3.63, 3.8) is 0 Å². The van der Waals surface area contributed by atoms with Crippen molar-refractivity contribution in [1.29, 1.82) is 0 Å². The lowest BCUT2D eigenvalue weighted by molar-refractivity contribution is -0.138. The minimum absolute atomic E-state index is 0.00276. The molecule has 0 radical (unpaired) electrons. The summed E-state index contributed by atoms with van der Waals surface area (Å²) in [6, 6.07) is 6.01. The van der Waals surface area contributed by atoms with Gasteiger partial charge in [0.05, 0.1) is 18.1 Å². The molecule has 0 saturated carbocycles. The van der Waals surface area contributed by atoms with Crippen molar-refractivity contribution in [2.75, 3.05) is 12.3 Å². The van der Waals surface area contributed by atoms with Gasteiger partial charge in [0.1, 0.15) is 0 Å². The number of nitrogens with zero attached hydrogens (tertiary/aromatic N) is 1. The van der Waals surface area contributed by atoms with Crippen LogP contribution in [0.3, 0.4) is 0 Å². The van der Waals surface area contributed by atoms with Crippen molar-refractivity contribution in [1.82, 2.24) is 4.90 Å². The highest BCUT2D eigenvalue weighted by molar-refractivity contribution is 5.80. The number of nitrogens with two attached hydrogens (primary N) is 1. The number of amides is 1. The zero-order chi connectivity index (χ0) is 15.1. The van der Waals surface area contributed by atoms with Gasteiger partial charge in [0.15, 0.2) is 0 Å². The molecule has 3 rings (SSSR count). The van der Waals surface area contributed by atoms with Gasteiger partial charge in [-0.05, 0) is 43.4 Å². The summed E-state index contributed by atoms with van der Waals surface area (Å²) in [6.07, 6.45) is 1.03. The Morgan fingerprint density at radius 3 is 2.71 bits per heavy atom. The van der Waals surface area contributed by atoms with Gasteiger partial charge >= 0.3 is 0 Å². The summed E-state index contributed by atoms with van der Waals surface area (Å²) in [4.78, 5) is 14.8. The third kappa shape index (κ3) is 2.42. The maximum Gasteiger partial charge on any atom is 0.228 e. The number of ether oxygens (including phenoxy) is 1. The number of benzene rings is 1. The maximum absolute atomic E-state index is 12.9. The molecule has 1 aromatic rings. The molecule has 4 heteroatoms. The second-order valence-corrected chi connectivity index (χ2v) is 6.43. The first kappa shape index (κ1) is 14.4. The number of anilines is 1. The standard InChI is InChI=1S/C17H24N2O2/c1-10-11(2)21-12(3)16(10)17(20)19-8-7-13-5-4-6-15(18)14(13)9-19/h4-6,10-12,16H,7-9,18H2,1-3H3. The molecular formula is C17H24N2O2. The van der Waals surface area contributed by atoms with E-state index in [-0.39, 0.29) is 30.0 Å². The van der Waals surface area contributed by atoms with Crippen molar-refractivity contribution in [3.05, 3.63) is 29.3 Å². The zero-order valence-electron chi connectivity index (χ0n) is 13.0. The highest BCUT2D eigenvalue weighted by Crippen LogP contribution is 2.35. The van der Waals surface area contributed by atoms with Crippen molar-refractivity contribution < 1.29 is 9.53 Å². The van der Waals surface area contributed by atoms with E-state index < -0.39 is 0 Å². The molecule has 4 atom stereocenters. The summed E-state index contributed by atoms with van der Waals surface area (Å²) in [5.41, 5.74) is 9.25. The summed E-state index contributed by atoms with van der Waals surface area (Å²) < 4.78 is 5.82. The van der Waals surface area contributed by atoms with E-state index in [1.165, 1.54) is 5.56 Å². The minimum atomic E-state index is -0.0357. The Kier molecular flexibility index (Phi) is 3.66. The average molecular weight is 288 g/mol. The summed E-state index contributed by atoms with van der Waals surface area (Å²) in [5.74, 6) is 0.446. The lowest BCUT2D eigenvalue weighted by Crippen LogP contribution is -2.43. The normalized spacial score (nSPS) is 32.0. The fraction of sp³-hybridized carbons (Fsp3) is 0.588. The molecule has 21 heavy (non-hydrogen) atoms. The first-order valence-corrected chi connectivity index (χ1v) is 7.79. The Morgan fingerprint density at radius 1 is 1.29 bits per heavy atom. The Labute approximate surface area is 126 Å². The summed E-state index contributed by atoms with van der Waals surface area (Å²) in [6.45, 7) is 7.58. The van der Waals surface area contributed by atoms with Gasteiger partial charge in [0.2, 0.25) is 5.91 Å². The van der Waals surface area contributed by atoms with E-state index in [1.54, 1.807) is 0 Å². The smallest absolute Gasteiger partial charge is 0.228 e. The van der Waals surface area contributed by atoms with Gasteiger partial charge < -0.3 is 15.4 Å². The molecule has 0 aromatic heterocycles. The molecule has 0 spiro atoms. The topological polar surface area (TPSA) is 55.6 Å². The van der Waals surface area contributed by atoms with Crippen LogP contribution in [0.5, 0.6) is 0 Å². The number of nitrogen functional groups attached to an aromatic ring is 1. The number of hydrogen-bond acceptors (Lipinski definition) is 3. The number of hydrogen-bond donors (Lipinski definition) is 1. The Balaban J connectivity index is 1.80. The molecule has 0 aliphatic carbocycles. The zero-order valence-corrected chi connectivity index (χ0v) is 13.0. The first-order chi connectivity index (χ1) is 9.99. The van der Waals surface area contributed by atoms with Crippen LogP contribution in [-0.4, -0.2) is 29.6 Å². The fourth-order valence-electron chi connectivity index (χ4n) is 3.70. The Morgan fingerprint density at radius 2 is 2.05 bits per heavy atom. The monoisotopic (exact) mass is 288 g/mol. The van der Waals surface area contributed by atoms with Gasteiger partial charge in [-0.25, -0.2) is 0 Å². The Bertz CT molecular complexity index is 558. The molecule has 1 saturated heterocycles. The van der Waals surface area contributed by atoms with Crippen LogP contribution in [0.25, 0.3) is 0 Å². The molecule has 1 aromatic carbocycles. The molecule has 2 aliphatic rings. The second-order valence-electron chi connectivity index (χ2n) is 6.43. The van der Waals surface area contributed by atoms with Crippen molar-refractivity contribution in [2.24, 2.45) is 11.8 Å². The molecule has 4 unspecified atom stereocenters. The van der Waals surface area contributed by atoms with Crippen molar-refractivity contribution in [3.8, 4) is 0 Å².